The predicted octanol–water partition coefficient (Wildman–Crippen LogP) is 1.65. The van der Waals surface area contributed by atoms with Crippen molar-refractivity contribution in [1.82, 2.24) is 9.97 Å². The van der Waals surface area contributed by atoms with Crippen molar-refractivity contribution >= 4 is 33.1 Å². The average molecular weight is 303 g/mol. The number of rotatable bonds is 3. The van der Waals surface area contributed by atoms with Gasteiger partial charge in [-0.1, -0.05) is 11.6 Å². The number of sulfonamides is 1. The Kier molecular flexibility index (Phi) is 3.54. The lowest BCUT2D eigenvalue weighted by Gasteiger charge is -2.09. The normalized spacial score (nSPS) is 11.3. The number of halogens is 2. The molecule has 0 spiro atoms. The van der Waals surface area contributed by atoms with E-state index in [1.54, 1.807) is 0 Å². The van der Waals surface area contributed by atoms with Crippen LogP contribution in [-0.2, 0) is 10.0 Å². The maximum Gasteiger partial charge on any atom is 0.266 e. The second-order valence-corrected chi connectivity index (χ2v) is 5.57. The number of benzene rings is 1. The minimum atomic E-state index is -4.18. The van der Waals surface area contributed by atoms with Crippen molar-refractivity contribution in [3.05, 3.63) is 41.6 Å². The lowest BCUT2D eigenvalue weighted by molar-refractivity contribution is 0.570. The number of nitrogen functional groups attached to an aromatic ring is 1. The molecule has 0 aliphatic heterocycles. The second-order valence-electron chi connectivity index (χ2n) is 3.51. The van der Waals surface area contributed by atoms with Crippen LogP contribution in [0, 0.1) is 5.82 Å². The zero-order chi connectivity index (χ0) is 14.0. The molecule has 6 nitrogen and oxygen atoms in total. The van der Waals surface area contributed by atoms with Gasteiger partial charge in [-0.25, -0.2) is 17.8 Å². The standard InChI is InChI=1S/C10H8ClFN4O2S/c11-7-3-6(13)4-8(10(7)12)19(17,18)16-9-5-14-1-2-15-9/h1-5H,13H2,(H,15,16). The third kappa shape index (κ3) is 2.91. The molecule has 0 unspecified atom stereocenters. The molecule has 0 aliphatic rings. The Morgan fingerprint density at radius 2 is 2.05 bits per heavy atom. The van der Waals surface area contributed by atoms with Gasteiger partial charge in [-0.2, -0.15) is 0 Å². The molecule has 19 heavy (non-hydrogen) atoms. The maximum absolute atomic E-state index is 13.7. The highest BCUT2D eigenvalue weighted by atomic mass is 35.5. The fraction of sp³-hybridized carbons (Fsp3) is 0. The van der Waals surface area contributed by atoms with Gasteiger partial charge in [-0.3, -0.25) is 9.71 Å². The molecule has 0 fully saturated rings. The van der Waals surface area contributed by atoms with E-state index in [9.17, 15) is 12.8 Å². The van der Waals surface area contributed by atoms with Crippen molar-refractivity contribution in [3.8, 4) is 0 Å². The Bertz CT molecular complexity index is 709. The van der Waals surface area contributed by atoms with Crippen LogP contribution in [0.4, 0.5) is 15.9 Å². The van der Waals surface area contributed by atoms with Gasteiger partial charge in [0.2, 0.25) is 0 Å². The maximum atomic E-state index is 13.7. The highest BCUT2D eigenvalue weighted by Crippen LogP contribution is 2.26. The Balaban J connectivity index is 2.46. The zero-order valence-corrected chi connectivity index (χ0v) is 10.9. The highest BCUT2D eigenvalue weighted by Gasteiger charge is 2.22. The number of nitrogens with one attached hydrogen (secondary N) is 1. The number of aromatic nitrogens is 2. The molecule has 0 bridgehead atoms. The van der Waals surface area contributed by atoms with E-state index in [1.165, 1.54) is 18.6 Å². The van der Waals surface area contributed by atoms with Crippen molar-refractivity contribution in [2.45, 2.75) is 4.90 Å². The molecule has 3 N–H and O–H groups in total. The summed E-state index contributed by atoms with van der Waals surface area (Å²) in [5.41, 5.74) is 5.48. The van der Waals surface area contributed by atoms with Gasteiger partial charge in [-0.15, -0.1) is 0 Å². The molecule has 2 rings (SSSR count). The minimum absolute atomic E-state index is 0.0333. The van der Waals surface area contributed by atoms with Gasteiger partial charge in [-0.05, 0) is 12.1 Å². The molecule has 0 saturated carbocycles. The first-order chi connectivity index (χ1) is 8.90. The summed E-state index contributed by atoms with van der Waals surface area (Å²) in [6.45, 7) is 0. The number of anilines is 2. The van der Waals surface area contributed by atoms with Gasteiger partial charge in [0.05, 0.1) is 11.2 Å². The van der Waals surface area contributed by atoms with E-state index in [-0.39, 0.29) is 16.5 Å². The predicted molar refractivity (Wildman–Crippen MR) is 68.7 cm³/mol. The summed E-state index contributed by atoms with van der Waals surface area (Å²) in [4.78, 5) is 6.76. The summed E-state index contributed by atoms with van der Waals surface area (Å²) in [5.74, 6) is -1.12. The van der Waals surface area contributed by atoms with Crippen LogP contribution in [0.25, 0.3) is 0 Å². The molecule has 2 aromatic rings. The number of hydrogen-bond acceptors (Lipinski definition) is 5. The summed E-state index contributed by atoms with van der Waals surface area (Å²) in [6.07, 6.45) is 3.85. The van der Waals surface area contributed by atoms with E-state index < -0.39 is 20.7 Å². The Hall–Kier alpha value is -1.93. The molecule has 0 aliphatic carbocycles. The molecule has 100 valence electrons. The first-order valence-corrected chi connectivity index (χ1v) is 6.79. The summed E-state index contributed by atoms with van der Waals surface area (Å²) < 4.78 is 39.8. The van der Waals surface area contributed by atoms with Crippen molar-refractivity contribution in [2.24, 2.45) is 0 Å². The third-order valence-electron chi connectivity index (χ3n) is 2.11. The number of hydrogen-bond donors (Lipinski definition) is 2. The molecule has 0 saturated heterocycles. The van der Waals surface area contributed by atoms with E-state index >= 15 is 0 Å². The second kappa shape index (κ2) is 4.98. The van der Waals surface area contributed by atoms with Crippen molar-refractivity contribution in [3.63, 3.8) is 0 Å². The topological polar surface area (TPSA) is 98.0 Å². The molecule has 0 radical (unpaired) electrons. The van der Waals surface area contributed by atoms with Crippen LogP contribution in [0.3, 0.4) is 0 Å². The molecule has 9 heteroatoms. The lowest BCUT2D eigenvalue weighted by Crippen LogP contribution is -2.16. The summed E-state index contributed by atoms with van der Waals surface area (Å²) >= 11 is 5.55. The first kappa shape index (κ1) is 13.5. The smallest absolute Gasteiger partial charge is 0.266 e. The fourth-order valence-corrected chi connectivity index (χ4v) is 2.74. The first-order valence-electron chi connectivity index (χ1n) is 4.93. The van der Waals surface area contributed by atoms with Crippen LogP contribution in [0.2, 0.25) is 5.02 Å². The Morgan fingerprint density at radius 3 is 2.68 bits per heavy atom. The van der Waals surface area contributed by atoms with Gasteiger partial charge >= 0.3 is 0 Å². The summed E-state index contributed by atoms with van der Waals surface area (Å²) in [7, 11) is -4.18. The van der Waals surface area contributed by atoms with Gasteiger partial charge in [0, 0.05) is 18.1 Å². The lowest BCUT2D eigenvalue weighted by atomic mass is 10.3. The SMILES string of the molecule is Nc1cc(Cl)c(F)c(S(=O)(=O)Nc2cnccn2)c1. The van der Waals surface area contributed by atoms with Crippen LogP contribution in [0.15, 0.2) is 35.6 Å². The minimum Gasteiger partial charge on any atom is -0.399 e. The van der Waals surface area contributed by atoms with E-state index in [4.69, 9.17) is 17.3 Å². The zero-order valence-electron chi connectivity index (χ0n) is 9.34. The van der Waals surface area contributed by atoms with E-state index in [2.05, 4.69) is 14.7 Å². The molecular weight excluding hydrogens is 295 g/mol. The van der Waals surface area contributed by atoms with Crippen LogP contribution in [-0.4, -0.2) is 18.4 Å². The van der Waals surface area contributed by atoms with E-state index in [0.717, 1.165) is 12.1 Å². The molecule has 1 aromatic heterocycles. The average Bonchev–Trinajstić information content (AvgIpc) is 2.34. The van der Waals surface area contributed by atoms with Gasteiger partial charge in [0.25, 0.3) is 10.0 Å². The third-order valence-corrected chi connectivity index (χ3v) is 3.74. The highest BCUT2D eigenvalue weighted by molar-refractivity contribution is 7.92. The summed E-state index contributed by atoms with van der Waals surface area (Å²) in [6, 6.07) is 2.10. The molecule has 0 atom stereocenters. The van der Waals surface area contributed by atoms with Crippen LogP contribution >= 0.6 is 11.6 Å². The van der Waals surface area contributed by atoms with Gasteiger partial charge in [0.15, 0.2) is 11.6 Å². The van der Waals surface area contributed by atoms with Crippen LogP contribution < -0.4 is 10.5 Å². The quantitative estimate of drug-likeness (QED) is 0.840. The molecule has 0 amide bonds. The Morgan fingerprint density at radius 1 is 1.32 bits per heavy atom. The van der Waals surface area contributed by atoms with Crippen molar-refractivity contribution in [1.29, 1.82) is 0 Å². The van der Waals surface area contributed by atoms with Crippen LogP contribution in [0.1, 0.15) is 0 Å². The number of nitrogens with two attached hydrogens (primary N) is 1. The largest absolute Gasteiger partial charge is 0.399 e. The molecular formula is C10H8ClFN4O2S. The molecule has 1 heterocycles. The van der Waals surface area contributed by atoms with Gasteiger partial charge in [0.1, 0.15) is 4.90 Å². The van der Waals surface area contributed by atoms with Crippen LogP contribution in [0.5, 0.6) is 0 Å². The van der Waals surface area contributed by atoms with Gasteiger partial charge < -0.3 is 5.73 Å². The summed E-state index contributed by atoms with van der Waals surface area (Å²) in [5, 5.41) is -0.375. The Labute approximate surface area is 113 Å². The van der Waals surface area contributed by atoms with E-state index in [0.29, 0.717) is 0 Å². The fourth-order valence-electron chi connectivity index (χ4n) is 1.32. The van der Waals surface area contributed by atoms with Crippen molar-refractivity contribution in [2.75, 3.05) is 10.5 Å². The number of nitrogens with zero attached hydrogens (tertiary/aromatic N) is 2. The van der Waals surface area contributed by atoms with Crippen molar-refractivity contribution < 1.29 is 12.8 Å². The monoisotopic (exact) mass is 302 g/mol. The van der Waals surface area contributed by atoms with E-state index in [1.807, 2.05) is 0 Å². The molecule has 1 aromatic carbocycles.